The van der Waals surface area contributed by atoms with Crippen molar-refractivity contribution in [1.29, 1.82) is 0 Å². The maximum Gasteiger partial charge on any atom is 0.259 e. The lowest BCUT2D eigenvalue weighted by molar-refractivity contribution is 0.0797. The maximum atomic E-state index is 12.6. The SMILES string of the molecule is CN(CCc1ccncc1)C(=O)c1cnoc1-c1ccccc1. The number of benzene rings is 1. The van der Waals surface area contributed by atoms with Crippen molar-refractivity contribution in [3.05, 3.63) is 72.2 Å². The lowest BCUT2D eigenvalue weighted by atomic mass is 10.1. The minimum atomic E-state index is -0.0980. The Hall–Kier alpha value is -2.95. The molecule has 5 heteroatoms. The molecule has 1 amide bonds. The van der Waals surface area contributed by atoms with Crippen LogP contribution in [-0.4, -0.2) is 34.5 Å². The number of hydrogen-bond acceptors (Lipinski definition) is 4. The first-order valence-electron chi connectivity index (χ1n) is 7.40. The Labute approximate surface area is 134 Å². The third-order valence-electron chi connectivity index (χ3n) is 3.67. The third-order valence-corrected chi connectivity index (χ3v) is 3.67. The van der Waals surface area contributed by atoms with Crippen LogP contribution in [0.5, 0.6) is 0 Å². The average Bonchev–Trinajstić information content (AvgIpc) is 3.10. The summed E-state index contributed by atoms with van der Waals surface area (Å²) in [6.45, 7) is 0.613. The van der Waals surface area contributed by atoms with Gasteiger partial charge < -0.3 is 9.42 Å². The van der Waals surface area contributed by atoms with E-state index in [1.807, 2.05) is 42.5 Å². The fourth-order valence-corrected chi connectivity index (χ4v) is 2.34. The van der Waals surface area contributed by atoms with Crippen LogP contribution in [0.15, 0.2) is 65.6 Å². The summed E-state index contributed by atoms with van der Waals surface area (Å²) in [5.74, 6) is 0.408. The first kappa shape index (κ1) is 15.0. The van der Waals surface area contributed by atoms with Gasteiger partial charge in [-0.25, -0.2) is 0 Å². The summed E-state index contributed by atoms with van der Waals surface area (Å²) in [5.41, 5.74) is 2.47. The van der Waals surface area contributed by atoms with E-state index in [9.17, 15) is 4.79 Å². The van der Waals surface area contributed by atoms with E-state index >= 15 is 0 Å². The van der Waals surface area contributed by atoms with Gasteiger partial charge in [0.25, 0.3) is 5.91 Å². The van der Waals surface area contributed by atoms with Gasteiger partial charge in [-0.2, -0.15) is 0 Å². The first-order valence-corrected chi connectivity index (χ1v) is 7.40. The minimum absolute atomic E-state index is 0.0980. The van der Waals surface area contributed by atoms with E-state index < -0.39 is 0 Å². The second-order valence-corrected chi connectivity index (χ2v) is 5.27. The molecule has 0 aliphatic heterocycles. The number of amides is 1. The molecule has 0 N–H and O–H groups in total. The molecule has 0 atom stereocenters. The Morgan fingerprint density at radius 3 is 2.61 bits per heavy atom. The second-order valence-electron chi connectivity index (χ2n) is 5.27. The van der Waals surface area contributed by atoms with Crippen molar-refractivity contribution in [2.24, 2.45) is 0 Å². The molecular formula is C18H17N3O2. The molecule has 0 bridgehead atoms. The molecule has 0 saturated heterocycles. The average molecular weight is 307 g/mol. The molecule has 23 heavy (non-hydrogen) atoms. The van der Waals surface area contributed by atoms with E-state index in [2.05, 4.69) is 10.1 Å². The van der Waals surface area contributed by atoms with Gasteiger partial charge >= 0.3 is 0 Å². The zero-order valence-electron chi connectivity index (χ0n) is 12.8. The van der Waals surface area contributed by atoms with Crippen molar-refractivity contribution in [2.75, 3.05) is 13.6 Å². The molecular weight excluding hydrogens is 290 g/mol. The van der Waals surface area contributed by atoms with Gasteiger partial charge in [0.1, 0.15) is 5.56 Å². The molecule has 3 aromatic rings. The molecule has 2 heterocycles. The molecule has 2 aromatic heterocycles. The third kappa shape index (κ3) is 3.45. The van der Waals surface area contributed by atoms with Crippen LogP contribution in [0, 0.1) is 0 Å². The molecule has 1 aromatic carbocycles. The van der Waals surface area contributed by atoms with Crippen LogP contribution in [0.25, 0.3) is 11.3 Å². The highest BCUT2D eigenvalue weighted by atomic mass is 16.5. The van der Waals surface area contributed by atoms with Gasteiger partial charge in [-0.15, -0.1) is 0 Å². The normalized spacial score (nSPS) is 10.5. The van der Waals surface area contributed by atoms with Crippen molar-refractivity contribution in [3.63, 3.8) is 0 Å². The monoisotopic (exact) mass is 307 g/mol. The van der Waals surface area contributed by atoms with Crippen LogP contribution < -0.4 is 0 Å². The molecule has 116 valence electrons. The van der Waals surface area contributed by atoms with Crippen LogP contribution in [0.2, 0.25) is 0 Å². The fraction of sp³-hybridized carbons (Fsp3) is 0.167. The van der Waals surface area contributed by atoms with Crippen molar-refractivity contribution in [1.82, 2.24) is 15.0 Å². The van der Waals surface area contributed by atoms with Crippen LogP contribution in [0.3, 0.4) is 0 Å². The maximum absolute atomic E-state index is 12.6. The highest BCUT2D eigenvalue weighted by Gasteiger charge is 2.20. The molecule has 3 rings (SSSR count). The van der Waals surface area contributed by atoms with Crippen molar-refractivity contribution in [3.8, 4) is 11.3 Å². The molecule has 5 nitrogen and oxygen atoms in total. The Morgan fingerprint density at radius 1 is 1.13 bits per heavy atom. The van der Waals surface area contributed by atoms with E-state index in [1.54, 1.807) is 24.3 Å². The summed E-state index contributed by atoms with van der Waals surface area (Å²) in [5, 5.41) is 3.79. The Balaban J connectivity index is 1.72. The summed E-state index contributed by atoms with van der Waals surface area (Å²) in [7, 11) is 1.78. The van der Waals surface area contributed by atoms with Gasteiger partial charge in [0.15, 0.2) is 5.76 Å². The summed E-state index contributed by atoms with van der Waals surface area (Å²) >= 11 is 0. The Morgan fingerprint density at radius 2 is 1.87 bits per heavy atom. The first-order chi connectivity index (χ1) is 11.3. The largest absolute Gasteiger partial charge is 0.355 e. The van der Waals surface area contributed by atoms with Gasteiger partial charge in [0.2, 0.25) is 0 Å². The highest BCUT2D eigenvalue weighted by Crippen LogP contribution is 2.24. The van der Waals surface area contributed by atoms with Gasteiger partial charge in [0.05, 0.1) is 6.20 Å². The summed E-state index contributed by atoms with van der Waals surface area (Å²) in [6, 6.07) is 13.4. The van der Waals surface area contributed by atoms with E-state index in [1.165, 1.54) is 6.20 Å². The predicted molar refractivity (Wildman–Crippen MR) is 86.8 cm³/mol. The van der Waals surface area contributed by atoms with Crippen molar-refractivity contribution < 1.29 is 9.32 Å². The van der Waals surface area contributed by atoms with Crippen LogP contribution in [0.1, 0.15) is 15.9 Å². The Bertz CT molecular complexity index is 769. The molecule has 0 saturated carbocycles. The standard InChI is InChI=1S/C18H17N3O2/c1-21(12-9-14-7-10-19-11-8-14)18(22)16-13-20-23-17(16)15-5-3-2-4-6-15/h2-8,10-11,13H,9,12H2,1H3. The van der Waals surface area contributed by atoms with Crippen molar-refractivity contribution in [2.45, 2.75) is 6.42 Å². The number of carbonyl (C=O) groups excluding carboxylic acids is 1. The topological polar surface area (TPSA) is 59.2 Å². The summed E-state index contributed by atoms with van der Waals surface area (Å²) < 4.78 is 5.28. The molecule has 0 aliphatic carbocycles. The summed E-state index contributed by atoms with van der Waals surface area (Å²) in [4.78, 5) is 18.3. The number of aromatic nitrogens is 2. The molecule has 0 spiro atoms. The lowest BCUT2D eigenvalue weighted by Gasteiger charge is -2.16. The van der Waals surface area contributed by atoms with Gasteiger partial charge in [-0.1, -0.05) is 35.5 Å². The van der Waals surface area contributed by atoms with E-state index in [0.717, 1.165) is 17.5 Å². The number of hydrogen-bond donors (Lipinski definition) is 0. The predicted octanol–water partition coefficient (Wildman–Crippen LogP) is 3.05. The van der Waals surface area contributed by atoms with Crippen molar-refractivity contribution >= 4 is 5.91 Å². The number of rotatable bonds is 5. The highest BCUT2D eigenvalue weighted by molar-refractivity contribution is 5.99. The van der Waals surface area contributed by atoms with Crippen LogP contribution >= 0.6 is 0 Å². The van der Waals surface area contributed by atoms with E-state index in [0.29, 0.717) is 17.9 Å². The van der Waals surface area contributed by atoms with E-state index in [4.69, 9.17) is 4.52 Å². The lowest BCUT2D eigenvalue weighted by Crippen LogP contribution is -2.28. The zero-order chi connectivity index (χ0) is 16.1. The molecule has 0 radical (unpaired) electrons. The Kier molecular flexibility index (Phi) is 4.47. The van der Waals surface area contributed by atoms with Gasteiger partial charge in [-0.05, 0) is 24.1 Å². The summed E-state index contributed by atoms with van der Waals surface area (Å²) in [6.07, 6.45) is 5.76. The smallest absolute Gasteiger partial charge is 0.259 e. The molecule has 0 aliphatic rings. The zero-order valence-corrected chi connectivity index (χ0v) is 12.8. The molecule has 0 unspecified atom stereocenters. The van der Waals surface area contributed by atoms with Crippen LogP contribution in [0.4, 0.5) is 0 Å². The number of carbonyl (C=O) groups is 1. The quantitative estimate of drug-likeness (QED) is 0.727. The molecule has 0 fully saturated rings. The second kappa shape index (κ2) is 6.87. The van der Waals surface area contributed by atoms with Gasteiger partial charge in [0, 0.05) is 31.5 Å². The number of nitrogens with zero attached hydrogens (tertiary/aromatic N) is 3. The minimum Gasteiger partial charge on any atom is -0.355 e. The fourth-order valence-electron chi connectivity index (χ4n) is 2.34. The number of pyridine rings is 1. The van der Waals surface area contributed by atoms with Crippen LogP contribution in [-0.2, 0) is 6.42 Å². The van der Waals surface area contributed by atoms with E-state index in [-0.39, 0.29) is 5.91 Å². The number of likely N-dealkylation sites (N-methyl/N-ethyl adjacent to an activating group) is 1. The van der Waals surface area contributed by atoms with Gasteiger partial charge in [-0.3, -0.25) is 9.78 Å².